The van der Waals surface area contributed by atoms with Crippen LogP contribution in [-0.2, 0) is 6.54 Å². The maximum atomic E-state index is 12.9. The molecule has 1 atom stereocenters. The molecule has 0 aliphatic carbocycles. The Bertz CT molecular complexity index is 840. The number of carbonyl (C=O) groups is 1. The molecule has 0 bridgehead atoms. The molecule has 2 aromatic rings. The highest BCUT2D eigenvalue weighted by Crippen LogP contribution is 2.39. The predicted octanol–water partition coefficient (Wildman–Crippen LogP) is 4.17. The van der Waals surface area contributed by atoms with Crippen molar-refractivity contribution >= 4 is 17.5 Å². The molecule has 1 aromatic carbocycles. The predicted molar refractivity (Wildman–Crippen MR) is 108 cm³/mol. The molecular weight excluding hydrogens is 358 g/mol. The fraction of sp³-hybridized carbons (Fsp3) is 0.455. The first-order chi connectivity index (χ1) is 13.0. The van der Waals surface area contributed by atoms with Gasteiger partial charge in [-0.3, -0.25) is 9.69 Å². The Morgan fingerprint density at radius 2 is 2.07 bits per heavy atom. The topological polar surface area (TPSA) is 36.4 Å². The second-order valence-corrected chi connectivity index (χ2v) is 8.53. The van der Waals surface area contributed by atoms with Crippen molar-refractivity contribution < 1.29 is 4.79 Å². The number of nitrogens with zero attached hydrogens (tertiary/aromatic N) is 3. The van der Waals surface area contributed by atoms with Crippen molar-refractivity contribution in [3.63, 3.8) is 0 Å². The normalized spacial score (nSPS) is 23.1. The van der Waals surface area contributed by atoms with Gasteiger partial charge in [0.2, 0.25) is 0 Å². The lowest BCUT2D eigenvalue weighted by molar-refractivity contribution is 0.0675. The number of benzene rings is 1. The Labute approximate surface area is 166 Å². The summed E-state index contributed by atoms with van der Waals surface area (Å²) in [6, 6.07) is 12.2. The maximum absolute atomic E-state index is 12.9. The van der Waals surface area contributed by atoms with Gasteiger partial charge >= 0.3 is 0 Å². The molecule has 27 heavy (non-hydrogen) atoms. The van der Waals surface area contributed by atoms with Crippen LogP contribution in [0.25, 0.3) is 0 Å². The highest BCUT2D eigenvalue weighted by atomic mass is 35.5. The van der Waals surface area contributed by atoms with Crippen molar-refractivity contribution in [1.29, 1.82) is 0 Å². The largest absolute Gasteiger partial charge is 0.338 e. The van der Waals surface area contributed by atoms with Crippen molar-refractivity contribution in [2.75, 3.05) is 26.2 Å². The van der Waals surface area contributed by atoms with Crippen LogP contribution in [0, 0.1) is 12.3 Å². The Morgan fingerprint density at radius 1 is 1.19 bits per heavy atom. The molecule has 0 N–H and O–H groups in total. The van der Waals surface area contributed by atoms with Crippen LogP contribution in [0.5, 0.6) is 0 Å². The Hall–Kier alpha value is -1.91. The average Bonchev–Trinajstić information content (AvgIpc) is 3.04. The molecule has 0 radical (unpaired) electrons. The minimum Gasteiger partial charge on any atom is -0.338 e. The lowest BCUT2D eigenvalue weighted by atomic mass is 9.79. The number of amides is 1. The van der Waals surface area contributed by atoms with Crippen LogP contribution in [0.2, 0.25) is 5.15 Å². The number of halogens is 1. The molecule has 4 nitrogen and oxygen atoms in total. The molecule has 1 spiro atoms. The van der Waals surface area contributed by atoms with Gasteiger partial charge in [-0.25, -0.2) is 4.98 Å². The van der Waals surface area contributed by atoms with Crippen LogP contribution in [0.4, 0.5) is 0 Å². The SMILES string of the molecule is Cc1cccc(CN2CCC[C@@]3(CCN(C(=O)c4ccnc(Cl)c4)C3)C2)c1. The number of rotatable bonds is 3. The van der Waals surface area contributed by atoms with Crippen molar-refractivity contribution in [3.05, 3.63) is 64.4 Å². The Kier molecular flexibility index (Phi) is 5.20. The van der Waals surface area contributed by atoms with Crippen LogP contribution >= 0.6 is 11.6 Å². The van der Waals surface area contributed by atoms with Gasteiger partial charge in [-0.1, -0.05) is 41.4 Å². The molecule has 4 rings (SSSR count). The van der Waals surface area contributed by atoms with Gasteiger partial charge in [-0.2, -0.15) is 0 Å². The van der Waals surface area contributed by atoms with Gasteiger partial charge in [0.1, 0.15) is 5.15 Å². The smallest absolute Gasteiger partial charge is 0.254 e. The van der Waals surface area contributed by atoms with E-state index in [-0.39, 0.29) is 11.3 Å². The number of aryl methyl sites for hydroxylation is 1. The summed E-state index contributed by atoms with van der Waals surface area (Å²) in [5.74, 6) is 0.0759. The minimum absolute atomic E-state index is 0.0759. The number of piperidine rings is 1. The summed E-state index contributed by atoms with van der Waals surface area (Å²) in [5, 5.41) is 0.372. The number of hydrogen-bond acceptors (Lipinski definition) is 3. The molecule has 5 heteroatoms. The lowest BCUT2D eigenvalue weighted by Crippen LogP contribution is -2.45. The summed E-state index contributed by atoms with van der Waals surface area (Å²) < 4.78 is 0. The molecule has 0 unspecified atom stereocenters. The fourth-order valence-corrected chi connectivity index (χ4v) is 4.85. The van der Waals surface area contributed by atoms with Crippen molar-refractivity contribution in [3.8, 4) is 0 Å². The highest BCUT2D eigenvalue weighted by molar-refractivity contribution is 6.29. The molecule has 2 aliphatic rings. The van der Waals surface area contributed by atoms with Crippen molar-refractivity contribution in [1.82, 2.24) is 14.8 Å². The summed E-state index contributed by atoms with van der Waals surface area (Å²) >= 11 is 5.96. The highest BCUT2D eigenvalue weighted by Gasteiger charge is 2.42. The maximum Gasteiger partial charge on any atom is 0.254 e. The first-order valence-corrected chi connectivity index (χ1v) is 10.1. The molecule has 1 amide bonds. The van der Waals surface area contributed by atoms with E-state index in [2.05, 4.69) is 41.1 Å². The Morgan fingerprint density at radius 3 is 2.89 bits per heavy atom. The number of hydrogen-bond donors (Lipinski definition) is 0. The van der Waals surface area contributed by atoms with Gasteiger partial charge in [-0.15, -0.1) is 0 Å². The number of likely N-dealkylation sites (tertiary alicyclic amines) is 2. The Balaban J connectivity index is 1.42. The first kappa shape index (κ1) is 18.5. The molecule has 142 valence electrons. The van der Waals surface area contributed by atoms with Crippen molar-refractivity contribution in [2.45, 2.75) is 32.7 Å². The van der Waals surface area contributed by atoms with E-state index in [1.165, 1.54) is 24.0 Å². The van der Waals surface area contributed by atoms with Crippen LogP contribution in [0.1, 0.15) is 40.7 Å². The zero-order chi connectivity index (χ0) is 18.9. The molecule has 3 heterocycles. The fourth-order valence-electron chi connectivity index (χ4n) is 4.67. The van der Waals surface area contributed by atoms with E-state index in [0.29, 0.717) is 10.7 Å². The van der Waals surface area contributed by atoms with Crippen molar-refractivity contribution in [2.24, 2.45) is 5.41 Å². The summed E-state index contributed by atoms with van der Waals surface area (Å²) in [5.41, 5.74) is 3.56. The van der Waals surface area contributed by atoms with Gasteiger partial charge < -0.3 is 4.90 Å². The van der Waals surface area contributed by atoms with E-state index in [0.717, 1.165) is 39.1 Å². The van der Waals surface area contributed by atoms with Gasteiger partial charge in [0.05, 0.1) is 0 Å². The van der Waals surface area contributed by atoms with Crippen LogP contribution < -0.4 is 0 Å². The van der Waals surface area contributed by atoms with Gasteiger partial charge in [0.25, 0.3) is 5.91 Å². The van der Waals surface area contributed by atoms with Gasteiger partial charge in [0, 0.05) is 43.4 Å². The van der Waals surface area contributed by atoms with E-state index < -0.39 is 0 Å². The molecule has 0 saturated carbocycles. The second-order valence-electron chi connectivity index (χ2n) is 8.15. The zero-order valence-electron chi connectivity index (χ0n) is 15.8. The van der Waals surface area contributed by atoms with E-state index in [9.17, 15) is 4.79 Å². The molecule has 2 aliphatic heterocycles. The summed E-state index contributed by atoms with van der Waals surface area (Å²) in [6.45, 7) is 7.03. The standard InChI is InChI=1S/C22H26ClN3O/c1-17-4-2-5-18(12-17)14-25-10-3-7-22(15-25)8-11-26(16-22)21(27)19-6-9-24-20(23)13-19/h2,4-6,9,12-13H,3,7-8,10-11,14-16H2,1H3/t22-/m1/s1. The monoisotopic (exact) mass is 383 g/mol. The lowest BCUT2D eigenvalue weighted by Gasteiger charge is -2.40. The number of carbonyl (C=O) groups excluding carboxylic acids is 1. The van der Waals surface area contributed by atoms with E-state index >= 15 is 0 Å². The van der Waals surface area contributed by atoms with Crippen LogP contribution in [0.3, 0.4) is 0 Å². The van der Waals surface area contributed by atoms with E-state index in [1.807, 2.05) is 4.90 Å². The number of pyridine rings is 1. The van der Waals surface area contributed by atoms with Gasteiger partial charge in [0.15, 0.2) is 0 Å². The number of aromatic nitrogens is 1. The molecule has 2 saturated heterocycles. The average molecular weight is 384 g/mol. The summed E-state index contributed by atoms with van der Waals surface area (Å²) in [6.07, 6.45) is 5.10. The van der Waals surface area contributed by atoms with Gasteiger partial charge in [-0.05, 0) is 50.4 Å². The molecule has 1 aromatic heterocycles. The molecular formula is C22H26ClN3O. The van der Waals surface area contributed by atoms with Crippen LogP contribution in [0.15, 0.2) is 42.6 Å². The second kappa shape index (κ2) is 7.61. The third kappa shape index (κ3) is 4.17. The van der Waals surface area contributed by atoms with Crippen LogP contribution in [-0.4, -0.2) is 46.9 Å². The molecule has 2 fully saturated rings. The summed E-state index contributed by atoms with van der Waals surface area (Å²) in [4.78, 5) is 21.4. The van der Waals surface area contributed by atoms with E-state index in [1.54, 1.807) is 18.3 Å². The zero-order valence-corrected chi connectivity index (χ0v) is 16.6. The van der Waals surface area contributed by atoms with E-state index in [4.69, 9.17) is 11.6 Å². The minimum atomic E-state index is 0.0759. The summed E-state index contributed by atoms with van der Waals surface area (Å²) in [7, 11) is 0. The first-order valence-electron chi connectivity index (χ1n) is 9.72. The third-order valence-electron chi connectivity index (χ3n) is 5.93. The third-order valence-corrected chi connectivity index (χ3v) is 6.13. The quantitative estimate of drug-likeness (QED) is 0.746.